The van der Waals surface area contributed by atoms with Gasteiger partial charge in [0.2, 0.25) is 0 Å². The highest BCUT2D eigenvalue weighted by Crippen LogP contribution is 2.25. The second-order valence-corrected chi connectivity index (χ2v) is 7.59. The molecule has 154 valence electrons. The molecular formula is C23H25N5O2. The molecule has 30 heavy (non-hydrogen) atoms. The Labute approximate surface area is 174 Å². The predicted molar refractivity (Wildman–Crippen MR) is 117 cm³/mol. The van der Waals surface area contributed by atoms with Crippen LogP contribution in [-0.4, -0.2) is 25.4 Å². The molecule has 0 aliphatic carbocycles. The molecule has 2 atom stereocenters. The molecule has 2 unspecified atom stereocenters. The van der Waals surface area contributed by atoms with Crippen molar-refractivity contribution >= 4 is 16.9 Å². The first-order valence-electron chi connectivity index (χ1n) is 10.1. The third-order valence-electron chi connectivity index (χ3n) is 5.55. The van der Waals surface area contributed by atoms with E-state index in [0.29, 0.717) is 11.3 Å². The van der Waals surface area contributed by atoms with Gasteiger partial charge < -0.3 is 15.3 Å². The number of aromatic nitrogens is 4. The molecule has 2 heterocycles. The number of rotatable bonds is 6. The van der Waals surface area contributed by atoms with Gasteiger partial charge in [0.05, 0.1) is 22.8 Å². The van der Waals surface area contributed by atoms with Crippen molar-refractivity contribution < 1.29 is 4.79 Å². The molecule has 3 N–H and O–H groups in total. The topological polar surface area (TPSA) is 95.6 Å². The van der Waals surface area contributed by atoms with Crippen LogP contribution < -0.4 is 11.0 Å². The molecule has 7 nitrogen and oxygen atoms in total. The van der Waals surface area contributed by atoms with Gasteiger partial charge in [0.15, 0.2) is 0 Å². The van der Waals surface area contributed by atoms with Gasteiger partial charge in [-0.15, -0.1) is 0 Å². The van der Waals surface area contributed by atoms with E-state index < -0.39 is 0 Å². The van der Waals surface area contributed by atoms with Gasteiger partial charge in [0.25, 0.3) is 5.91 Å². The van der Waals surface area contributed by atoms with Gasteiger partial charge >= 0.3 is 5.69 Å². The summed E-state index contributed by atoms with van der Waals surface area (Å²) in [5, 5.41) is 3.13. The standard InChI is InChI=1S/C23H25N5O2/c1-4-14(2)20(21-25-18-7-5-6-8-19(18)26-21)27-22(29)16-9-11-17(12-10-16)28-15(3)13-24-23(28)30/h5-14,20H,4H2,1-3H3,(H,24,30)(H,25,26)(H,27,29). The van der Waals surface area contributed by atoms with Crippen molar-refractivity contribution in [3.05, 3.63) is 82.3 Å². The summed E-state index contributed by atoms with van der Waals surface area (Å²) in [5.41, 5.74) is 3.68. The molecule has 0 aliphatic heterocycles. The van der Waals surface area contributed by atoms with Gasteiger partial charge in [-0.1, -0.05) is 32.4 Å². The Morgan fingerprint density at radius 1 is 1.17 bits per heavy atom. The highest BCUT2D eigenvalue weighted by Gasteiger charge is 2.24. The number of fused-ring (bicyclic) bond motifs is 1. The molecular weight excluding hydrogens is 378 g/mol. The van der Waals surface area contributed by atoms with Crippen LogP contribution in [0.4, 0.5) is 0 Å². The van der Waals surface area contributed by atoms with Crippen LogP contribution in [0.3, 0.4) is 0 Å². The van der Waals surface area contributed by atoms with Gasteiger partial charge in [-0.05, 0) is 49.2 Å². The van der Waals surface area contributed by atoms with Gasteiger partial charge in [0, 0.05) is 17.5 Å². The van der Waals surface area contributed by atoms with Gasteiger partial charge in [0.1, 0.15) is 5.82 Å². The second kappa shape index (κ2) is 8.02. The summed E-state index contributed by atoms with van der Waals surface area (Å²) in [4.78, 5) is 35.6. The Morgan fingerprint density at radius 2 is 1.90 bits per heavy atom. The summed E-state index contributed by atoms with van der Waals surface area (Å²) in [7, 11) is 0. The summed E-state index contributed by atoms with van der Waals surface area (Å²) < 4.78 is 1.57. The molecule has 0 aliphatic rings. The lowest BCUT2D eigenvalue weighted by atomic mass is 9.98. The number of benzene rings is 2. The number of aromatic amines is 2. The third kappa shape index (κ3) is 3.66. The van der Waals surface area contributed by atoms with E-state index in [9.17, 15) is 9.59 Å². The Kier molecular flexibility index (Phi) is 5.27. The van der Waals surface area contributed by atoms with Crippen LogP contribution >= 0.6 is 0 Å². The van der Waals surface area contributed by atoms with Crippen LogP contribution in [0.5, 0.6) is 0 Å². The maximum absolute atomic E-state index is 13.0. The van der Waals surface area contributed by atoms with Crippen molar-refractivity contribution in [3.8, 4) is 5.69 Å². The second-order valence-electron chi connectivity index (χ2n) is 7.59. The van der Waals surface area contributed by atoms with Crippen molar-refractivity contribution in [2.75, 3.05) is 0 Å². The summed E-state index contributed by atoms with van der Waals surface area (Å²) in [5.74, 6) is 0.783. The van der Waals surface area contributed by atoms with E-state index in [0.717, 1.165) is 29.0 Å². The predicted octanol–water partition coefficient (Wildman–Crippen LogP) is 3.87. The van der Waals surface area contributed by atoms with Crippen molar-refractivity contribution in [1.82, 2.24) is 24.8 Å². The molecule has 2 aromatic heterocycles. The number of nitrogens with zero attached hydrogens (tertiary/aromatic N) is 2. The summed E-state index contributed by atoms with van der Waals surface area (Å²) in [6, 6.07) is 14.6. The largest absolute Gasteiger partial charge is 0.342 e. The Balaban J connectivity index is 1.59. The number of aryl methyl sites for hydroxylation is 1. The van der Waals surface area contributed by atoms with Crippen LogP contribution in [0, 0.1) is 12.8 Å². The number of amides is 1. The molecule has 0 radical (unpaired) electrons. The van der Waals surface area contributed by atoms with Crippen LogP contribution in [0.1, 0.15) is 48.2 Å². The zero-order valence-electron chi connectivity index (χ0n) is 17.3. The first-order chi connectivity index (χ1) is 14.5. The fourth-order valence-electron chi connectivity index (χ4n) is 3.60. The minimum atomic E-state index is -0.232. The van der Waals surface area contributed by atoms with E-state index in [1.165, 1.54) is 0 Å². The van der Waals surface area contributed by atoms with Crippen molar-refractivity contribution in [3.63, 3.8) is 0 Å². The first-order valence-corrected chi connectivity index (χ1v) is 10.1. The molecule has 4 rings (SSSR count). The van der Waals surface area contributed by atoms with E-state index >= 15 is 0 Å². The molecule has 0 saturated heterocycles. The molecule has 1 amide bonds. The minimum absolute atomic E-state index is 0.176. The molecule has 0 spiro atoms. The molecule has 2 aromatic carbocycles. The molecule has 0 fully saturated rings. The zero-order chi connectivity index (χ0) is 21.3. The van der Waals surface area contributed by atoms with Crippen molar-refractivity contribution in [2.45, 2.75) is 33.2 Å². The maximum Gasteiger partial charge on any atom is 0.330 e. The van der Waals surface area contributed by atoms with E-state index in [2.05, 4.69) is 34.1 Å². The first kappa shape index (κ1) is 19.7. The fraction of sp³-hybridized carbons (Fsp3) is 0.261. The number of nitrogens with one attached hydrogen (secondary N) is 3. The fourth-order valence-corrected chi connectivity index (χ4v) is 3.60. The van der Waals surface area contributed by atoms with Crippen LogP contribution in [-0.2, 0) is 0 Å². The van der Waals surface area contributed by atoms with Gasteiger partial charge in [-0.3, -0.25) is 9.36 Å². The lowest BCUT2D eigenvalue weighted by Crippen LogP contribution is -2.33. The highest BCUT2D eigenvalue weighted by atomic mass is 16.2. The van der Waals surface area contributed by atoms with E-state index in [4.69, 9.17) is 0 Å². The van der Waals surface area contributed by atoms with Crippen LogP contribution in [0.25, 0.3) is 16.7 Å². The monoisotopic (exact) mass is 403 g/mol. The maximum atomic E-state index is 13.0. The van der Waals surface area contributed by atoms with Crippen LogP contribution in [0.2, 0.25) is 0 Å². The number of para-hydroxylation sites is 2. The molecule has 7 heteroatoms. The molecule has 4 aromatic rings. The number of hydrogen-bond acceptors (Lipinski definition) is 3. The number of imidazole rings is 2. The zero-order valence-corrected chi connectivity index (χ0v) is 17.3. The SMILES string of the molecule is CCC(C)C(NC(=O)c1ccc(-n2c(C)c[nH]c2=O)cc1)c1nc2ccccc2[nH]1. The minimum Gasteiger partial charge on any atom is -0.342 e. The molecule has 0 saturated carbocycles. The molecule has 0 bridgehead atoms. The Bertz CT molecular complexity index is 1200. The van der Waals surface area contributed by atoms with E-state index in [-0.39, 0.29) is 23.6 Å². The lowest BCUT2D eigenvalue weighted by molar-refractivity contribution is 0.0920. The summed E-state index contributed by atoms with van der Waals surface area (Å²) >= 11 is 0. The quantitative estimate of drug-likeness (QED) is 0.456. The highest BCUT2D eigenvalue weighted by molar-refractivity contribution is 5.94. The number of H-pyrrole nitrogens is 2. The Morgan fingerprint density at radius 3 is 2.53 bits per heavy atom. The number of carbonyl (C=O) groups excluding carboxylic acids is 1. The number of hydrogen-bond donors (Lipinski definition) is 3. The average Bonchev–Trinajstić information content (AvgIpc) is 3.34. The lowest BCUT2D eigenvalue weighted by Gasteiger charge is -2.22. The summed E-state index contributed by atoms with van der Waals surface area (Å²) in [6.45, 7) is 6.04. The van der Waals surface area contributed by atoms with E-state index in [1.54, 1.807) is 35.0 Å². The third-order valence-corrected chi connectivity index (χ3v) is 5.55. The van der Waals surface area contributed by atoms with Gasteiger partial charge in [-0.25, -0.2) is 9.78 Å². The number of carbonyl (C=O) groups is 1. The van der Waals surface area contributed by atoms with Crippen molar-refractivity contribution in [2.24, 2.45) is 5.92 Å². The average molecular weight is 403 g/mol. The smallest absolute Gasteiger partial charge is 0.330 e. The van der Waals surface area contributed by atoms with E-state index in [1.807, 2.05) is 31.2 Å². The summed E-state index contributed by atoms with van der Waals surface area (Å²) in [6.07, 6.45) is 2.56. The van der Waals surface area contributed by atoms with Crippen molar-refractivity contribution in [1.29, 1.82) is 0 Å². The van der Waals surface area contributed by atoms with Gasteiger partial charge in [-0.2, -0.15) is 0 Å². The van der Waals surface area contributed by atoms with Crippen LogP contribution in [0.15, 0.2) is 59.5 Å². The normalized spacial score (nSPS) is 13.3. The Hall–Kier alpha value is -3.61.